The van der Waals surface area contributed by atoms with Crippen molar-refractivity contribution >= 4 is 22.5 Å². The minimum Gasteiger partial charge on any atom is -0.289 e. The molecule has 132 valence electrons. The number of para-hydroxylation sites is 1. The zero-order valence-electron chi connectivity index (χ0n) is 14.0. The van der Waals surface area contributed by atoms with E-state index in [9.17, 15) is 19.7 Å². The first-order chi connectivity index (χ1) is 12.5. The van der Waals surface area contributed by atoms with E-state index in [-0.39, 0.29) is 23.6 Å². The molecule has 1 heterocycles. The normalized spacial score (nSPS) is 10.5. The minimum atomic E-state index is -0.475. The summed E-state index contributed by atoms with van der Waals surface area (Å²) in [7, 11) is 0. The standard InChI is InChI=1S/C18H16N4O4/c1-13(23)21(12-14-6-8-15(9-7-14)22(25)26)19-20-11-10-18(24)16-4-2-3-5-17(16)20/h2-11,19H,12H2,1H3. The predicted octanol–water partition coefficient (Wildman–Crippen LogP) is 2.42. The van der Waals surface area contributed by atoms with E-state index in [1.807, 2.05) is 0 Å². The number of hydrazine groups is 1. The van der Waals surface area contributed by atoms with Crippen LogP contribution in [0.15, 0.2) is 65.6 Å². The van der Waals surface area contributed by atoms with Gasteiger partial charge in [-0.2, -0.15) is 0 Å². The van der Waals surface area contributed by atoms with Gasteiger partial charge in [0.2, 0.25) is 5.91 Å². The Hall–Kier alpha value is -3.68. The summed E-state index contributed by atoms with van der Waals surface area (Å²) in [4.78, 5) is 34.2. The highest BCUT2D eigenvalue weighted by molar-refractivity contribution is 5.79. The number of pyridine rings is 1. The number of amides is 1. The molecule has 3 rings (SSSR count). The monoisotopic (exact) mass is 352 g/mol. The van der Waals surface area contributed by atoms with Gasteiger partial charge < -0.3 is 0 Å². The molecule has 1 N–H and O–H groups in total. The molecule has 0 fully saturated rings. The van der Waals surface area contributed by atoms with Crippen LogP contribution in [0.1, 0.15) is 12.5 Å². The molecule has 1 amide bonds. The molecule has 0 aliphatic rings. The van der Waals surface area contributed by atoms with Gasteiger partial charge >= 0.3 is 0 Å². The molecule has 0 saturated carbocycles. The molecule has 0 bridgehead atoms. The summed E-state index contributed by atoms with van der Waals surface area (Å²) in [6.45, 7) is 1.61. The maximum Gasteiger partial charge on any atom is 0.269 e. The van der Waals surface area contributed by atoms with Crippen molar-refractivity contribution < 1.29 is 9.72 Å². The summed E-state index contributed by atoms with van der Waals surface area (Å²) in [6.07, 6.45) is 1.55. The highest BCUT2D eigenvalue weighted by Crippen LogP contribution is 2.14. The van der Waals surface area contributed by atoms with E-state index >= 15 is 0 Å². The lowest BCUT2D eigenvalue weighted by Crippen LogP contribution is -2.39. The topological polar surface area (TPSA) is 97.5 Å². The van der Waals surface area contributed by atoms with Gasteiger partial charge in [-0.05, 0) is 17.7 Å². The van der Waals surface area contributed by atoms with Gasteiger partial charge in [-0.3, -0.25) is 19.7 Å². The summed E-state index contributed by atoms with van der Waals surface area (Å²) in [5.74, 6) is -0.244. The van der Waals surface area contributed by atoms with Crippen molar-refractivity contribution in [2.45, 2.75) is 13.5 Å². The van der Waals surface area contributed by atoms with Crippen LogP contribution in [0.4, 0.5) is 5.69 Å². The van der Waals surface area contributed by atoms with E-state index in [4.69, 9.17) is 0 Å². The molecule has 3 aromatic rings. The second-order valence-corrected chi connectivity index (χ2v) is 5.70. The summed E-state index contributed by atoms with van der Waals surface area (Å²) in [5.41, 5.74) is 4.20. The third-order valence-corrected chi connectivity index (χ3v) is 3.90. The van der Waals surface area contributed by atoms with Crippen molar-refractivity contribution in [3.05, 3.63) is 86.7 Å². The second-order valence-electron chi connectivity index (χ2n) is 5.70. The number of aromatic nitrogens is 1. The summed E-state index contributed by atoms with van der Waals surface area (Å²) in [6, 6.07) is 14.4. The Morgan fingerprint density at radius 2 is 1.85 bits per heavy atom. The third kappa shape index (κ3) is 3.54. The molecule has 0 atom stereocenters. The van der Waals surface area contributed by atoms with Gasteiger partial charge in [-0.25, -0.2) is 15.2 Å². The number of rotatable bonds is 5. The molecule has 0 radical (unpaired) electrons. The number of hydrogen-bond acceptors (Lipinski definition) is 5. The number of carbonyl (C=O) groups excluding carboxylic acids is 1. The lowest BCUT2D eigenvalue weighted by atomic mass is 10.2. The Morgan fingerprint density at radius 1 is 1.15 bits per heavy atom. The molecule has 0 saturated heterocycles. The Labute approximate surface area is 148 Å². The van der Waals surface area contributed by atoms with Gasteiger partial charge in [0, 0.05) is 36.7 Å². The molecule has 1 aromatic heterocycles. The van der Waals surface area contributed by atoms with E-state index < -0.39 is 4.92 Å². The first kappa shape index (κ1) is 17.2. The van der Waals surface area contributed by atoms with Crippen molar-refractivity contribution in [2.75, 3.05) is 5.53 Å². The summed E-state index contributed by atoms with van der Waals surface area (Å²) in [5, 5.41) is 12.6. The Bertz CT molecular complexity index is 1030. The van der Waals surface area contributed by atoms with Gasteiger partial charge in [0.15, 0.2) is 5.43 Å². The zero-order valence-corrected chi connectivity index (χ0v) is 14.0. The Balaban J connectivity index is 1.88. The number of nitrogens with one attached hydrogen (secondary N) is 1. The fourth-order valence-corrected chi connectivity index (χ4v) is 2.54. The van der Waals surface area contributed by atoms with Gasteiger partial charge in [0.25, 0.3) is 5.69 Å². The van der Waals surface area contributed by atoms with E-state index in [2.05, 4.69) is 5.53 Å². The summed E-state index contributed by atoms with van der Waals surface area (Å²) < 4.78 is 1.59. The molecule has 0 spiro atoms. The number of nitro benzene ring substituents is 1. The van der Waals surface area contributed by atoms with Crippen LogP contribution in [0.25, 0.3) is 10.9 Å². The molecule has 8 nitrogen and oxygen atoms in total. The fraction of sp³-hybridized carbons (Fsp3) is 0.111. The predicted molar refractivity (Wildman–Crippen MR) is 96.9 cm³/mol. The van der Waals surface area contributed by atoms with E-state index in [1.54, 1.807) is 47.3 Å². The smallest absolute Gasteiger partial charge is 0.269 e. The van der Waals surface area contributed by atoms with Crippen molar-refractivity contribution in [1.29, 1.82) is 0 Å². The molecule has 8 heteroatoms. The molecule has 0 aliphatic carbocycles. The first-order valence-corrected chi connectivity index (χ1v) is 7.84. The van der Waals surface area contributed by atoms with Gasteiger partial charge in [-0.1, -0.05) is 24.3 Å². The average Bonchev–Trinajstić information content (AvgIpc) is 2.64. The van der Waals surface area contributed by atoms with Crippen LogP contribution in [0, 0.1) is 10.1 Å². The van der Waals surface area contributed by atoms with Crippen LogP contribution < -0.4 is 11.0 Å². The fourth-order valence-electron chi connectivity index (χ4n) is 2.54. The minimum absolute atomic E-state index is 0.0116. The van der Waals surface area contributed by atoms with Crippen LogP contribution in [-0.4, -0.2) is 20.5 Å². The van der Waals surface area contributed by atoms with Crippen LogP contribution in [-0.2, 0) is 11.3 Å². The molecule has 0 unspecified atom stereocenters. The number of fused-ring (bicyclic) bond motifs is 1. The van der Waals surface area contributed by atoms with E-state index in [0.29, 0.717) is 10.9 Å². The number of carbonyl (C=O) groups is 1. The van der Waals surface area contributed by atoms with Crippen LogP contribution in [0.5, 0.6) is 0 Å². The van der Waals surface area contributed by atoms with E-state index in [0.717, 1.165) is 5.56 Å². The van der Waals surface area contributed by atoms with E-state index in [1.165, 1.54) is 30.1 Å². The third-order valence-electron chi connectivity index (χ3n) is 3.90. The molecule has 0 aliphatic heterocycles. The summed E-state index contributed by atoms with van der Waals surface area (Å²) >= 11 is 0. The highest BCUT2D eigenvalue weighted by atomic mass is 16.6. The molecular formula is C18H16N4O4. The van der Waals surface area contributed by atoms with Crippen LogP contribution in [0.3, 0.4) is 0 Å². The molecular weight excluding hydrogens is 336 g/mol. The number of hydrogen-bond donors (Lipinski definition) is 1. The van der Waals surface area contributed by atoms with Crippen molar-refractivity contribution in [2.24, 2.45) is 0 Å². The van der Waals surface area contributed by atoms with Crippen molar-refractivity contribution in [3.63, 3.8) is 0 Å². The number of nitrogens with zero attached hydrogens (tertiary/aromatic N) is 3. The Kier molecular flexibility index (Phi) is 4.66. The lowest BCUT2D eigenvalue weighted by Gasteiger charge is -2.25. The van der Waals surface area contributed by atoms with Gasteiger partial charge in [-0.15, -0.1) is 0 Å². The SMILES string of the molecule is CC(=O)N(Cc1ccc([N+](=O)[O-])cc1)Nn1ccc(=O)c2ccccc21. The molecule has 26 heavy (non-hydrogen) atoms. The first-order valence-electron chi connectivity index (χ1n) is 7.84. The quantitative estimate of drug-likeness (QED) is 0.562. The van der Waals surface area contributed by atoms with Crippen molar-refractivity contribution in [1.82, 2.24) is 9.69 Å². The van der Waals surface area contributed by atoms with Crippen LogP contribution in [0.2, 0.25) is 0 Å². The number of nitro groups is 1. The second kappa shape index (κ2) is 7.06. The van der Waals surface area contributed by atoms with Gasteiger partial charge in [0.05, 0.1) is 17.0 Å². The largest absolute Gasteiger partial charge is 0.289 e. The average molecular weight is 352 g/mol. The van der Waals surface area contributed by atoms with Crippen molar-refractivity contribution in [3.8, 4) is 0 Å². The highest BCUT2D eigenvalue weighted by Gasteiger charge is 2.12. The number of benzene rings is 2. The zero-order chi connectivity index (χ0) is 18.7. The maximum atomic E-state index is 12.0. The Morgan fingerprint density at radius 3 is 2.50 bits per heavy atom. The van der Waals surface area contributed by atoms with Crippen LogP contribution >= 0.6 is 0 Å². The maximum absolute atomic E-state index is 12.0. The number of non-ortho nitro benzene ring substituents is 1. The molecule has 2 aromatic carbocycles. The lowest BCUT2D eigenvalue weighted by molar-refractivity contribution is -0.384. The van der Waals surface area contributed by atoms with Gasteiger partial charge in [0.1, 0.15) is 0 Å².